The molecule has 19 rings (SSSR count). The van der Waals surface area contributed by atoms with Crippen LogP contribution in [0.3, 0.4) is 0 Å². The van der Waals surface area contributed by atoms with E-state index in [0.717, 1.165) is 159 Å². The highest BCUT2D eigenvalue weighted by atomic mass is 19.4. The molecule has 129 heavy (non-hydrogen) atoms. The van der Waals surface area contributed by atoms with Gasteiger partial charge in [-0.1, -0.05) is 121 Å². The van der Waals surface area contributed by atoms with Crippen molar-refractivity contribution in [3.63, 3.8) is 0 Å². The Hall–Kier alpha value is -11.7. The summed E-state index contributed by atoms with van der Waals surface area (Å²) in [6, 6.07) is 43.1. The van der Waals surface area contributed by atoms with Crippen molar-refractivity contribution < 1.29 is 37.1 Å². The average Bonchev–Trinajstić information content (AvgIpc) is 1.65. The highest BCUT2D eigenvalue weighted by Crippen LogP contribution is 2.51. The fraction of sp³-hybridized carbons (Fsp3) is 0.485. The molecule has 5 aromatic heterocycles. The average molecular weight is 1760 g/mol. The maximum absolute atomic E-state index is 13.0. The molecule has 11 heterocycles. The van der Waals surface area contributed by atoms with Gasteiger partial charge in [0.15, 0.2) is 5.82 Å². The fourth-order valence-electron chi connectivity index (χ4n) is 21.5. The topological polar surface area (TPSA) is 294 Å². The van der Waals surface area contributed by atoms with Crippen molar-refractivity contribution in [3.8, 4) is 11.4 Å². The van der Waals surface area contributed by atoms with Gasteiger partial charge in [-0.25, -0.2) is 64.0 Å². The first-order chi connectivity index (χ1) is 62.0. The van der Waals surface area contributed by atoms with E-state index in [4.69, 9.17) is 0 Å². The number of carbonyl (C=O) groups is 5. The minimum atomic E-state index is -4.50. The molecule has 6 saturated heterocycles. The zero-order valence-electron chi connectivity index (χ0n) is 75.6. The van der Waals surface area contributed by atoms with Crippen molar-refractivity contribution in [2.45, 2.75) is 179 Å². The van der Waals surface area contributed by atoms with Crippen molar-refractivity contribution in [1.82, 2.24) is 95.9 Å². The third-order valence-electron chi connectivity index (χ3n) is 29.7. The molecule has 4 aliphatic carbocycles. The Labute approximate surface area is 753 Å². The third-order valence-corrected chi connectivity index (χ3v) is 29.7. The lowest BCUT2D eigenvalue weighted by atomic mass is 9.69. The smallest absolute Gasteiger partial charge is 0.341 e. The Bertz CT molecular complexity index is 5340. The van der Waals surface area contributed by atoms with Crippen molar-refractivity contribution in [2.24, 2.45) is 0 Å². The number of anilines is 5. The van der Waals surface area contributed by atoms with Gasteiger partial charge in [-0.2, -0.15) is 13.2 Å². The molecule has 10 fully saturated rings. The second-order valence-corrected chi connectivity index (χ2v) is 37.8. The van der Waals surface area contributed by atoms with Crippen LogP contribution in [0.2, 0.25) is 0 Å². The Kier molecular flexibility index (Phi) is 26.3. The van der Waals surface area contributed by atoms with Crippen LogP contribution in [-0.4, -0.2) is 249 Å². The summed E-state index contributed by atoms with van der Waals surface area (Å²) < 4.78 is 38.9. The van der Waals surface area contributed by atoms with Gasteiger partial charge in [0, 0.05) is 73.8 Å². The third kappa shape index (κ3) is 18.9. The number of amides is 9. The summed E-state index contributed by atoms with van der Waals surface area (Å²) in [4.78, 5) is 122. The molecule has 6 aliphatic heterocycles. The van der Waals surface area contributed by atoms with Crippen molar-refractivity contribution in [1.29, 1.82) is 0 Å². The molecule has 4 aromatic carbocycles. The number of benzene rings is 4. The Balaban J connectivity index is 0.000000126. The van der Waals surface area contributed by atoms with E-state index in [9.17, 15) is 37.1 Å². The standard InChI is InChI=1S/C25H33N7O2.C24H29F3N4O.C24H27N7O.C24H32N6O/c1-30(2)25(19-6-4-3-5-7-19)10-8-24(9-11-25)18-32(23(34)29-24)20-16-27-21(28-17-20)22(33)31-14-12-26-13-15-31;1-17-13-20(24(25,26)27)28-15-19(17)31-16-22(29-21(31)32)9-11-23(12-10-22,30(2)3)14-18-7-5-4-6-8-18;1-30(2)24(19-6-4-3-5-7-19)10-8-23(9-11-24)16-31(22(32)29-23)20-14-27-21(28-15-20)18-12-25-17-26-13-18;1-28(2)24(19-8-4-3-5-9-19)12-10-23(11-13-24)18-30(22(31)27-23)20-16-25-21(26-17-20)29-14-6-7-15-29/h3-7,16-17,26H,8-15,18H2,1-2H3,(H,29,34);4-8,13,15H,9-12,14,16H2,1-3H3,(H,29,32);3-7,12-15,17H,8-11,16H2,1-2H3,(H,29,32);3-5,8-9,16-17H,6-7,10-15,18H2,1-2H3,(H,27,31). The molecule has 0 radical (unpaired) electrons. The van der Waals surface area contributed by atoms with Crippen LogP contribution < -0.4 is 51.1 Å². The molecule has 4 spiro atoms. The number of nitrogens with one attached hydrogen (secondary N) is 5. The molecule has 680 valence electrons. The van der Waals surface area contributed by atoms with E-state index in [2.05, 4.69) is 268 Å². The second-order valence-electron chi connectivity index (χ2n) is 37.8. The van der Waals surface area contributed by atoms with Crippen LogP contribution in [0.25, 0.3) is 11.4 Å². The summed E-state index contributed by atoms with van der Waals surface area (Å²) in [7, 11) is 17.2. The van der Waals surface area contributed by atoms with Gasteiger partial charge in [0.2, 0.25) is 11.8 Å². The Morgan fingerprint density at radius 1 is 0.419 bits per heavy atom. The van der Waals surface area contributed by atoms with Crippen LogP contribution >= 0.6 is 0 Å². The Morgan fingerprint density at radius 3 is 1.16 bits per heavy atom. The number of nitrogens with zero attached hydrogens (tertiary/aromatic N) is 19. The summed E-state index contributed by atoms with van der Waals surface area (Å²) >= 11 is 0. The molecule has 10 aliphatic rings. The van der Waals surface area contributed by atoms with E-state index in [1.807, 2.05) is 11.0 Å². The molecule has 5 N–H and O–H groups in total. The maximum Gasteiger partial charge on any atom is 0.433 e. The molecule has 29 nitrogen and oxygen atoms in total. The summed E-state index contributed by atoms with van der Waals surface area (Å²) in [5.74, 6) is 1.33. The highest BCUT2D eigenvalue weighted by Gasteiger charge is 2.56. The monoisotopic (exact) mass is 1760 g/mol. The number of pyridine rings is 1. The zero-order valence-corrected chi connectivity index (χ0v) is 75.6. The molecule has 0 bridgehead atoms. The molecule has 9 aromatic rings. The number of rotatable bonds is 16. The molecule has 4 saturated carbocycles. The van der Waals surface area contributed by atoms with E-state index >= 15 is 0 Å². The van der Waals surface area contributed by atoms with Crippen LogP contribution in [0.1, 0.15) is 160 Å². The summed E-state index contributed by atoms with van der Waals surface area (Å²) in [5.41, 5.74) is 7.01. The minimum absolute atomic E-state index is 0.00677. The lowest BCUT2D eigenvalue weighted by Crippen LogP contribution is -2.56. The van der Waals surface area contributed by atoms with Crippen molar-refractivity contribution in [2.75, 3.05) is 146 Å². The van der Waals surface area contributed by atoms with E-state index in [1.165, 1.54) is 47.6 Å². The number of alkyl halides is 3. The van der Waals surface area contributed by atoms with Gasteiger partial charge < -0.3 is 41.3 Å². The molecule has 0 unspecified atom stereocenters. The summed E-state index contributed by atoms with van der Waals surface area (Å²) in [5, 5.41) is 16.3. The van der Waals surface area contributed by atoms with Gasteiger partial charge in [-0.05, 0) is 219 Å². The SMILES string of the molecule is CN(C)C1(c2ccccc2)CCC2(CC1)CN(c1cnc(-c3cncnc3)nc1)C(=O)N2.CN(C)C1(c2ccccc2)CCC2(CC1)CN(c1cnc(C(=O)N3CCNCC3)nc1)C(=O)N2.CN(C)C1(c2ccccc2)CCC2(CC1)CN(c1cnc(N3CCCC3)nc1)C(=O)N2.Cc1cc(C(F)(F)F)ncc1N1CC2(CCC(Cc3ccccc3)(N(C)C)CC2)NC1=O. The van der Waals surface area contributed by atoms with Crippen molar-refractivity contribution in [3.05, 3.63) is 229 Å². The van der Waals surface area contributed by atoms with Crippen LogP contribution in [0, 0.1) is 6.92 Å². The van der Waals surface area contributed by atoms with Gasteiger partial charge in [-0.3, -0.25) is 39.1 Å². The first kappa shape index (κ1) is 90.6. The quantitative estimate of drug-likeness (QED) is 0.0600. The molecular weight excluding hydrogens is 1640 g/mol. The van der Waals surface area contributed by atoms with E-state index in [0.29, 0.717) is 67.7 Å². The van der Waals surface area contributed by atoms with Gasteiger partial charge in [-0.15, -0.1) is 0 Å². The molecule has 32 heteroatoms. The number of hydrogen-bond acceptors (Lipinski definition) is 20. The summed E-state index contributed by atoms with van der Waals surface area (Å²) in [6.45, 7) is 8.80. The van der Waals surface area contributed by atoms with Crippen molar-refractivity contribution >= 4 is 58.7 Å². The van der Waals surface area contributed by atoms with Gasteiger partial charge in [0.1, 0.15) is 12.0 Å². The lowest BCUT2D eigenvalue weighted by Gasteiger charge is -2.48. The lowest BCUT2D eigenvalue weighted by molar-refractivity contribution is -0.141. The van der Waals surface area contributed by atoms with Gasteiger partial charge in [0.05, 0.1) is 120 Å². The van der Waals surface area contributed by atoms with Crippen LogP contribution in [-0.2, 0) is 29.2 Å². The number of urea groups is 4. The first-order valence-electron chi connectivity index (χ1n) is 45.3. The largest absolute Gasteiger partial charge is 0.433 e. The fourth-order valence-corrected chi connectivity index (χ4v) is 21.5. The number of carbonyl (C=O) groups excluding carboxylic acids is 5. The van der Waals surface area contributed by atoms with E-state index in [1.54, 1.807) is 76.1 Å². The molecule has 9 amide bonds. The predicted molar refractivity (Wildman–Crippen MR) is 492 cm³/mol. The normalized spacial score (nSPS) is 26.8. The van der Waals surface area contributed by atoms with E-state index < -0.39 is 11.9 Å². The van der Waals surface area contributed by atoms with Crippen LogP contribution in [0.4, 0.5) is 61.0 Å². The maximum atomic E-state index is 13.0. The highest BCUT2D eigenvalue weighted by molar-refractivity contribution is 5.98. The molecular formula is C97H121F3N24O5. The van der Waals surface area contributed by atoms with Gasteiger partial charge in [0.25, 0.3) is 5.91 Å². The number of piperazine rings is 1. The number of aryl methyl sites for hydroxylation is 1. The molecule has 0 atom stereocenters. The predicted octanol–water partition coefficient (Wildman–Crippen LogP) is 13.2. The number of aromatic nitrogens is 9. The first-order valence-corrected chi connectivity index (χ1v) is 45.3. The second kappa shape index (κ2) is 37.4. The van der Waals surface area contributed by atoms with Gasteiger partial charge >= 0.3 is 30.3 Å². The number of hydrogen-bond donors (Lipinski definition) is 5. The number of halogens is 3. The van der Waals surface area contributed by atoms with E-state index in [-0.39, 0.29) is 80.2 Å². The minimum Gasteiger partial charge on any atom is -0.341 e. The van der Waals surface area contributed by atoms with Crippen LogP contribution in [0.5, 0.6) is 0 Å². The zero-order chi connectivity index (χ0) is 90.6. The summed E-state index contributed by atoms with van der Waals surface area (Å²) in [6.07, 6.45) is 29.9. The number of likely N-dealkylation sites (N-methyl/N-ethyl adjacent to an activating group) is 1. The van der Waals surface area contributed by atoms with Crippen LogP contribution in [0.15, 0.2) is 189 Å². The Morgan fingerprint density at radius 2 is 0.783 bits per heavy atom.